The number of benzene rings is 2. The van der Waals surface area contributed by atoms with Crippen LogP contribution < -0.4 is 5.32 Å². The number of aromatic amines is 1. The lowest BCUT2D eigenvalue weighted by atomic mass is 10.0. The highest BCUT2D eigenvalue weighted by molar-refractivity contribution is 5.83. The van der Waals surface area contributed by atoms with Crippen LogP contribution in [-0.4, -0.2) is 44.6 Å². The van der Waals surface area contributed by atoms with Gasteiger partial charge in [0.15, 0.2) is 0 Å². The van der Waals surface area contributed by atoms with Gasteiger partial charge in [-0.05, 0) is 54.5 Å². The Hall–Kier alpha value is -3.35. The molecule has 1 saturated heterocycles. The molecule has 2 fully saturated rings. The van der Waals surface area contributed by atoms with E-state index in [4.69, 9.17) is 0 Å². The lowest BCUT2D eigenvalue weighted by Gasteiger charge is -2.19. The summed E-state index contributed by atoms with van der Waals surface area (Å²) in [5.41, 5.74) is 4.84. The highest BCUT2D eigenvalue weighted by Gasteiger charge is 2.32. The van der Waals surface area contributed by atoms with E-state index in [-0.39, 0.29) is 11.9 Å². The van der Waals surface area contributed by atoms with Crippen LogP contribution in [0.1, 0.15) is 43.1 Å². The Balaban J connectivity index is 1.34. The van der Waals surface area contributed by atoms with Crippen molar-refractivity contribution in [3.8, 4) is 11.1 Å². The molecule has 2 aromatic carbocycles. The Morgan fingerprint density at radius 3 is 2.60 bits per heavy atom. The zero-order valence-corrected chi connectivity index (χ0v) is 16.6. The van der Waals surface area contributed by atoms with Gasteiger partial charge in [0.2, 0.25) is 5.91 Å². The Bertz CT molecular complexity index is 1100. The number of H-pyrrole nitrogens is 1. The third-order valence-corrected chi connectivity index (χ3v) is 5.91. The molecule has 7 heteroatoms. The van der Waals surface area contributed by atoms with Crippen molar-refractivity contribution in [1.82, 2.24) is 20.2 Å². The molecule has 7 nitrogen and oxygen atoms in total. The van der Waals surface area contributed by atoms with Crippen molar-refractivity contribution >= 4 is 23.0 Å². The largest absolute Gasteiger partial charge is 0.465 e. The molecule has 1 atom stereocenters. The number of rotatable bonds is 5. The Morgan fingerprint density at radius 2 is 1.87 bits per heavy atom. The summed E-state index contributed by atoms with van der Waals surface area (Å²) in [6.07, 6.45) is 3.33. The molecule has 1 aliphatic heterocycles. The van der Waals surface area contributed by atoms with E-state index in [0.29, 0.717) is 24.8 Å². The molecule has 2 aliphatic rings. The Labute approximate surface area is 174 Å². The molecule has 3 N–H and O–H groups in total. The Morgan fingerprint density at radius 1 is 1.10 bits per heavy atom. The number of nitrogens with one attached hydrogen (secondary N) is 2. The van der Waals surface area contributed by atoms with Crippen LogP contribution in [0.15, 0.2) is 42.5 Å². The van der Waals surface area contributed by atoms with E-state index in [9.17, 15) is 14.7 Å². The molecule has 0 radical (unpaired) electrons. The van der Waals surface area contributed by atoms with Gasteiger partial charge in [-0.25, -0.2) is 9.78 Å². The molecule has 5 rings (SSSR count). The second-order valence-corrected chi connectivity index (χ2v) is 8.20. The first-order valence-electron chi connectivity index (χ1n) is 10.4. The summed E-state index contributed by atoms with van der Waals surface area (Å²) in [6, 6.07) is 14.2. The molecule has 1 aliphatic carbocycles. The predicted molar refractivity (Wildman–Crippen MR) is 113 cm³/mol. The van der Waals surface area contributed by atoms with Crippen molar-refractivity contribution < 1.29 is 14.7 Å². The summed E-state index contributed by atoms with van der Waals surface area (Å²) in [5, 5.41) is 12.4. The first kappa shape index (κ1) is 18.7. The maximum atomic E-state index is 12.0. The van der Waals surface area contributed by atoms with Gasteiger partial charge in [0, 0.05) is 12.6 Å². The highest BCUT2D eigenvalue weighted by Crippen LogP contribution is 2.32. The van der Waals surface area contributed by atoms with E-state index < -0.39 is 6.09 Å². The maximum Gasteiger partial charge on any atom is 0.407 e. The van der Waals surface area contributed by atoms with E-state index in [1.165, 1.54) is 4.90 Å². The molecule has 0 bridgehead atoms. The zero-order chi connectivity index (χ0) is 20.7. The van der Waals surface area contributed by atoms with Crippen LogP contribution in [-0.2, 0) is 11.2 Å². The van der Waals surface area contributed by atoms with Crippen molar-refractivity contribution in [1.29, 1.82) is 0 Å². The van der Waals surface area contributed by atoms with E-state index >= 15 is 0 Å². The van der Waals surface area contributed by atoms with Crippen LogP contribution in [0.3, 0.4) is 0 Å². The van der Waals surface area contributed by atoms with Gasteiger partial charge in [0.05, 0.1) is 23.5 Å². The number of carboxylic acid groups (broad SMARTS) is 1. The second kappa shape index (κ2) is 7.48. The SMILES string of the molecule is O=C(Cc1ccc(-c2ccc3nc(C4CCCN4C(=O)O)[nH]c3c2)cc1)NC1CC1. The van der Waals surface area contributed by atoms with Gasteiger partial charge < -0.3 is 15.4 Å². The van der Waals surface area contributed by atoms with Gasteiger partial charge in [-0.2, -0.15) is 0 Å². The standard InChI is InChI=1S/C23H24N4O3/c28-21(24-17-8-9-17)12-14-3-5-15(6-4-14)16-7-10-18-19(13-16)26-22(25-18)20-2-1-11-27(20)23(29)30/h3-7,10,13,17,20H,1-2,8-9,11-12H2,(H,24,28)(H,25,26)(H,29,30). The van der Waals surface area contributed by atoms with Crippen LogP contribution in [0.2, 0.25) is 0 Å². The minimum absolute atomic E-state index is 0.0824. The lowest BCUT2D eigenvalue weighted by molar-refractivity contribution is -0.120. The number of carbonyl (C=O) groups excluding carboxylic acids is 1. The maximum absolute atomic E-state index is 12.0. The van der Waals surface area contributed by atoms with E-state index in [0.717, 1.165) is 53.4 Å². The van der Waals surface area contributed by atoms with E-state index in [1.807, 2.05) is 42.5 Å². The number of hydrogen-bond donors (Lipinski definition) is 3. The molecule has 3 aromatic rings. The fourth-order valence-corrected chi connectivity index (χ4v) is 4.15. The third-order valence-electron chi connectivity index (χ3n) is 5.91. The van der Waals surface area contributed by atoms with Crippen molar-refractivity contribution in [3.63, 3.8) is 0 Å². The number of fused-ring (bicyclic) bond motifs is 1. The van der Waals surface area contributed by atoms with Crippen LogP contribution in [0.25, 0.3) is 22.2 Å². The molecule has 1 unspecified atom stereocenters. The molecule has 154 valence electrons. The zero-order valence-electron chi connectivity index (χ0n) is 16.6. The minimum Gasteiger partial charge on any atom is -0.465 e. The van der Waals surface area contributed by atoms with Gasteiger partial charge >= 0.3 is 6.09 Å². The number of imidazole rings is 1. The lowest BCUT2D eigenvalue weighted by Crippen LogP contribution is -2.29. The average Bonchev–Trinajstić information content (AvgIpc) is 3.25. The van der Waals surface area contributed by atoms with Gasteiger partial charge in [-0.15, -0.1) is 0 Å². The van der Waals surface area contributed by atoms with Crippen LogP contribution in [0.5, 0.6) is 0 Å². The summed E-state index contributed by atoms with van der Waals surface area (Å²) in [4.78, 5) is 32.8. The number of hydrogen-bond acceptors (Lipinski definition) is 3. The fourth-order valence-electron chi connectivity index (χ4n) is 4.15. The smallest absolute Gasteiger partial charge is 0.407 e. The van der Waals surface area contributed by atoms with Crippen molar-refractivity contribution in [2.75, 3.05) is 6.54 Å². The third kappa shape index (κ3) is 3.75. The van der Waals surface area contributed by atoms with Crippen molar-refractivity contribution in [3.05, 3.63) is 53.9 Å². The number of amides is 2. The molecule has 2 heterocycles. The Kier molecular flexibility index (Phi) is 4.65. The number of carbonyl (C=O) groups is 2. The summed E-state index contributed by atoms with van der Waals surface area (Å²) in [7, 11) is 0. The van der Waals surface area contributed by atoms with E-state index in [1.54, 1.807) is 0 Å². The summed E-state index contributed by atoms with van der Waals surface area (Å²) in [5.74, 6) is 0.790. The molecular formula is C23H24N4O3. The van der Waals surface area contributed by atoms with Gasteiger partial charge in [0.1, 0.15) is 5.82 Å². The van der Waals surface area contributed by atoms with Gasteiger partial charge in [-0.3, -0.25) is 9.69 Å². The quantitative estimate of drug-likeness (QED) is 0.601. The van der Waals surface area contributed by atoms with Crippen LogP contribution in [0, 0.1) is 0 Å². The summed E-state index contributed by atoms with van der Waals surface area (Å²) < 4.78 is 0. The second-order valence-electron chi connectivity index (χ2n) is 8.20. The fraction of sp³-hybridized carbons (Fsp3) is 0.348. The first-order chi connectivity index (χ1) is 14.6. The van der Waals surface area contributed by atoms with E-state index in [2.05, 4.69) is 15.3 Å². The van der Waals surface area contributed by atoms with Crippen LogP contribution in [0.4, 0.5) is 4.79 Å². The molecule has 2 amide bonds. The first-order valence-corrected chi connectivity index (χ1v) is 10.4. The summed E-state index contributed by atoms with van der Waals surface area (Å²) >= 11 is 0. The van der Waals surface area contributed by atoms with Crippen molar-refractivity contribution in [2.45, 2.75) is 44.2 Å². The predicted octanol–water partition coefficient (Wildman–Crippen LogP) is 3.87. The monoisotopic (exact) mass is 404 g/mol. The number of aromatic nitrogens is 2. The van der Waals surface area contributed by atoms with Gasteiger partial charge in [-0.1, -0.05) is 30.3 Å². The number of nitrogens with zero attached hydrogens (tertiary/aromatic N) is 2. The minimum atomic E-state index is -0.899. The normalized spacial score (nSPS) is 18.7. The molecule has 0 spiro atoms. The highest BCUT2D eigenvalue weighted by atomic mass is 16.4. The average molecular weight is 404 g/mol. The summed E-state index contributed by atoms with van der Waals surface area (Å²) in [6.45, 7) is 0.549. The van der Waals surface area contributed by atoms with Crippen molar-refractivity contribution in [2.24, 2.45) is 0 Å². The molecular weight excluding hydrogens is 380 g/mol. The molecule has 1 saturated carbocycles. The topological polar surface area (TPSA) is 98.3 Å². The van der Waals surface area contributed by atoms with Crippen LogP contribution >= 0.6 is 0 Å². The van der Waals surface area contributed by atoms with Gasteiger partial charge in [0.25, 0.3) is 0 Å². The number of likely N-dealkylation sites (tertiary alicyclic amines) is 1. The molecule has 30 heavy (non-hydrogen) atoms. The molecule has 1 aromatic heterocycles.